The maximum atomic E-state index is 12.1. The Bertz CT molecular complexity index is 532. The Balaban J connectivity index is 1.36. The van der Waals surface area contributed by atoms with Crippen molar-refractivity contribution in [3.63, 3.8) is 0 Å². The number of rotatable bonds is 8. The van der Waals surface area contributed by atoms with Gasteiger partial charge in [-0.2, -0.15) is 0 Å². The van der Waals surface area contributed by atoms with Gasteiger partial charge in [0.1, 0.15) is 0 Å². The highest BCUT2D eigenvalue weighted by Gasteiger charge is 2.17. The van der Waals surface area contributed by atoms with Crippen LogP contribution in [-0.2, 0) is 9.59 Å². The Morgan fingerprint density at radius 1 is 0.692 bits per heavy atom. The molecule has 142 valence electrons. The lowest BCUT2D eigenvalue weighted by Gasteiger charge is -2.11. The minimum absolute atomic E-state index is 0.0882. The van der Waals surface area contributed by atoms with Crippen molar-refractivity contribution in [3.8, 4) is 0 Å². The highest BCUT2D eigenvalue weighted by molar-refractivity contribution is 5.92. The molecule has 1 aromatic carbocycles. The molecule has 2 N–H and O–H groups in total. The van der Waals surface area contributed by atoms with Crippen LogP contribution in [0.2, 0.25) is 0 Å². The molecule has 0 radical (unpaired) electrons. The molecule has 0 spiro atoms. The van der Waals surface area contributed by atoms with Gasteiger partial charge in [-0.05, 0) is 48.9 Å². The minimum Gasteiger partial charge on any atom is -0.326 e. The van der Waals surface area contributed by atoms with Crippen LogP contribution in [0.25, 0.3) is 0 Å². The molecule has 26 heavy (non-hydrogen) atoms. The van der Waals surface area contributed by atoms with Gasteiger partial charge in [-0.3, -0.25) is 9.59 Å². The van der Waals surface area contributed by atoms with Gasteiger partial charge in [-0.1, -0.05) is 51.4 Å². The molecule has 0 aliphatic heterocycles. The lowest BCUT2D eigenvalue weighted by atomic mass is 10.0. The molecule has 2 saturated carbocycles. The second kappa shape index (κ2) is 9.75. The summed E-state index contributed by atoms with van der Waals surface area (Å²) in [5, 5.41) is 5.91. The topological polar surface area (TPSA) is 58.2 Å². The zero-order valence-corrected chi connectivity index (χ0v) is 15.8. The van der Waals surface area contributed by atoms with Crippen LogP contribution >= 0.6 is 0 Å². The summed E-state index contributed by atoms with van der Waals surface area (Å²) in [6, 6.07) is 7.44. The standard InChI is InChI=1S/C22H32N2O2/c25-21(15-9-17-5-1-2-6-17)23-19-11-13-20(14-12-19)24-22(26)16-10-18-7-3-4-8-18/h11-14,17-18H,1-10,15-16H2,(H,23,25)(H,24,26). The maximum absolute atomic E-state index is 12.1. The fraction of sp³-hybridized carbons (Fsp3) is 0.636. The van der Waals surface area contributed by atoms with Crippen LogP contribution in [0.5, 0.6) is 0 Å². The fourth-order valence-corrected chi connectivity index (χ4v) is 4.35. The quantitative estimate of drug-likeness (QED) is 0.646. The molecule has 2 fully saturated rings. The second-order valence-corrected chi connectivity index (χ2v) is 8.05. The lowest BCUT2D eigenvalue weighted by molar-refractivity contribution is -0.117. The van der Waals surface area contributed by atoms with Crippen LogP contribution in [0.3, 0.4) is 0 Å². The van der Waals surface area contributed by atoms with Gasteiger partial charge in [0.25, 0.3) is 0 Å². The number of carbonyl (C=O) groups excluding carboxylic acids is 2. The monoisotopic (exact) mass is 356 g/mol. The summed E-state index contributed by atoms with van der Waals surface area (Å²) in [7, 11) is 0. The first kappa shape index (κ1) is 18.9. The summed E-state index contributed by atoms with van der Waals surface area (Å²) < 4.78 is 0. The van der Waals surface area contributed by atoms with E-state index in [9.17, 15) is 9.59 Å². The fourth-order valence-electron chi connectivity index (χ4n) is 4.35. The van der Waals surface area contributed by atoms with Crippen LogP contribution in [0.1, 0.15) is 77.0 Å². The number of hydrogen-bond acceptors (Lipinski definition) is 2. The molecule has 0 aromatic heterocycles. The first-order valence-electron chi connectivity index (χ1n) is 10.4. The minimum atomic E-state index is 0.0882. The van der Waals surface area contributed by atoms with Crippen molar-refractivity contribution in [2.24, 2.45) is 11.8 Å². The first-order chi connectivity index (χ1) is 12.7. The average molecular weight is 357 g/mol. The molecule has 2 aliphatic rings. The smallest absolute Gasteiger partial charge is 0.224 e. The lowest BCUT2D eigenvalue weighted by Crippen LogP contribution is -2.14. The highest BCUT2D eigenvalue weighted by atomic mass is 16.2. The molecule has 0 atom stereocenters. The normalized spacial score (nSPS) is 18.2. The summed E-state index contributed by atoms with van der Waals surface area (Å²) in [6.07, 6.45) is 13.6. The van der Waals surface area contributed by atoms with E-state index in [1.54, 1.807) is 0 Å². The van der Waals surface area contributed by atoms with Crippen LogP contribution in [-0.4, -0.2) is 11.8 Å². The van der Waals surface area contributed by atoms with Crippen LogP contribution in [0.4, 0.5) is 11.4 Å². The Morgan fingerprint density at radius 2 is 1.04 bits per heavy atom. The number of benzene rings is 1. The van der Waals surface area contributed by atoms with E-state index in [1.165, 1.54) is 51.4 Å². The zero-order chi connectivity index (χ0) is 18.2. The van der Waals surface area contributed by atoms with E-state index in [4.69, 9.17) is 0 Å². The third kappa shape index (κ3) is 6.15. The molecule has 0 bridgehead atoms. The van der Waals surface area contributed by atoms with E-state index in [1.807, 2.05) is 24.3 Å². The van der Waals surface area contributed by atoms with E-state index >= 15 is 0 Å². The average Bonchev–Trinajstić information content (AvgIpc) is 3.34. The summed E-state index contributed by atoms with van der Waals surface area (Å²) in [5.74, 6) is 1.65. The van der Waals surface area contributed by atoms with E-state index in [2.05, 4.69) is 10.6 Å². The Morgan fingerprint density at radius 3 is 1.38 bits per heavy atom. The van der Waals surface area contributed by atoms with Crippen LogP contribution in [0.15, 0.2) is 24.3 Å². The van der Waals surface area contributed by atoms with Crippen molar-refractivity contribution in [3.05, 3.63) is 24.3 Å². The number of amides is 2. The zero-order valence-electron chi connectivity index (χ0n) is 15.8. The van der Waals surface area contributed by atoms with Gasteiger partial charge in [-0.25, -0.2) is 0 Å². The second-order valence-electron chi connectivity index (χ2n) is 8.05. The molecule has 0 saturated heterocycles. The van der Waals surface area contributed by atoms with E-state index in [0.717, 1.165) is 36.1 Å². The van der Waals surface area contributed by atoms with Gasteiger partial charge in [0.15, 0.2) is 0 Å². The third-order valence-corrected chi connectivity index (χ3v) is 5.96. The van der Waals surface area contributed by atoms with E-state index < -0.39 is 0 Å². The van der Waals surface area contributed by atoms with Gasteiger partial charge in [0.2, 0.25) is 11.8 Å². The van der Waals surface area contributed by atoms with E-state index in [0.29, 0.717) is 12.8 Å². The molecule has 4 nitrogen and oxygen atoms in total. The SMILES string of the molecule is O=C(CCC1CCCC1)Nc1ccc(NC(=O)CCC2CCCC2)cc1. The predicted octanol–water partition coefficient (Wildman–Crippen LogP) is 5.50. The summed E-state index contributed by atoms with van der Waals surface area (Å²) in [4.78, 5) is 24.1. The van der Waals surface area contributed by atoms with Crippen molar-refractivity contribution < 1.29 is 9.59 Å². The molecule has 4 heteroatoms. The first-order valence-corrected chi connectivity index (χ1v) is 10.4. The number of carbonyl (C=O) groups is 2. The molecule has 0 heterocycles. The Kier molecular flexibility index (Phi) is 7.10. The number of nitrogens with one attached hydrogen (secondary N) is 2. The molecular weight excluding hydrogens is 324 g/mol. The van der Waals surface area contributed by atoms with E-state index in [-0.39, 0.29) is 11.8 Å². The Labute approximate surface area is 157 Å². The van der Waals surface area contributed by atoms with Gasteiger partial charge in [0.05, 0.1) is 0 Å². The van der Waals surface area contributed by atoms with Crippen molar-refractivity contribution in [1.29, 1.82) is 0 Å². The predicted molar refractivity (Wildman–Crippen MR) is 106 cm³/mol. The van der Waals surface area contributed by atoms with Gasteiger partial charge < -0.3 is 10.6 Å². The van der Waals surface area contributed by atoms with Crippen molar-refractivity contribution in [2.75, 3.05) is 10.6 Å². The largest absolute Gasteiger partial charge is 0.326 e. The van der Waals surface area contributed by atoms with Crippen LogP contribution < -0.4 is 10.6 Å². The number of hydrogen-bond donors (Lipinski definition) is 2. The molecule has 2 aliphatic carbocycles. The summed E-state index contributed by atoms with van der Waals surface area (Å²) >= 11 is 0. The third-order valence-electron chi connectivity index (χ3n) is 5.96. The van der Waals surface area contributed by atoms with Gasteiger partial charge in [0, 0.05) is 24.2 Å². The van der Waals surface area contributed by atoms with Crippen LogP contribution in [0, 0.1) is 11.8 Å². The van der Waals surface area contributed by atoms with Gasteiger partial charge in [-0.15, -0.1) is 0 Å². The molecule has 3 rings (SSSR count). The number of anilines is 2. The summed E-state index contributed by atoms with van der Waals surface area (Å²) in [6.45, 7) is 0. The van der Waals surface area contributed by atoms with Crippen molar-refractivity contribution in [1.82, 2.24) is 0 Å². The maximum Gasteiger partial charge on any atom is 0.224 e. The molecular formula is C22H32N2O2. The van der Waals surface area contributed by atoms with Crippen molar-refractivity contribution in [2.45, 2.75) is 77.0 Å². The molecule has 2 amide bonds. The Hall–Kier alpha value is -1.84. The molecule has 1 aromatic rings. The molecule has 0 unspecified atom stereocenters. The summed E-state index contributed by atoms with van der Waals surface area (Å²) in [5.41, 5.74) is 1.59. The van der Waals surface area contributed by atoms with Crippen molar-refractivity contribution >= 4 is 23.2 Å². The highest BCUT2D eigenvalue weighted by Crippen LogP contribution is 2.29. The van der Waals surface area contributed by atoms with Gasteiger partial charge >= 0.3 is 0 Å².